The minimum Gasteiger partial charge on any atom is -0.478 e. The summed E-state index contributed by atoms with van der Waals surface area (Å²) >= 11 is 1.14. The number of hydrogen-bond donors (Lipinski definition) is 2. The number of nitrogen functional groups attached to an aromatic ring is 1. The second-order valence-corrected chi connectivity index (χ2v) is 4.24. The number of aromatic carboxylic acids is 1. The van der Waals surface area contributed by atoms with E-state index < -0.39 is 5.97 Å². The predicted molar refractivity (Wildman–Crippen MR) is 61.0 cm³/mol. The molecule has 2 rings (SSSR count). The lowest BCUT2D eigenvalue weighted by atomic mass is 10.2. The molecule has 6 nitrogen and oxygen atoms in total. The Labute approximate surface area is 101 Å². The zero-order valence-electron chi connectivity index (χ0n) is 8.88. The van der Waals surface area contributed by atoms with Gasteiger partial charge in [0, 0.05) is 17.5 Å². The first-order chi connectivity index (χ1) is 8.06. The number of nitrogens with two attached hydrogens (primary N) is 1. The Morgan fingerprint density at radius 2 is 2.24 bits per heavy atom. The first-order valence-electron chi connectivity index (χ1n) is 4.67. The molecule has 7 heteroatoms. The van der Waals surface area contributed by atoms with E-state index in [9.17, 15) is 4.79 Å². The third-order valence-corrected chi connectivity index (χ3v) is 2.88. The molecular formula is C10H9N3O3S. The molecule has 0 radical (unpaired) electrons. The van der Waals surface area contributed by atoms with Gasteiger partial charge in [-0.3, -0.25) is 0 Å². The van der Waals surface area contributed by atoms with Crippen molar-refractivity contribution in [3.05, 3.63) is 29.7 Å². The van der Waals surface area contributed by atoms with E-state index in [1.54, 1.807) is 6.92 Å². The highest BCUT2D eigenvalue weighted by Crippen LogP contribution is 2.31. The van der Waals surface area contributed by atoms with Crippen LogP contribution in [0.25, 0.3) is 0 Å². The quantitative estimate of drug-likeness (QED) is 0.802. The van der Waals surface area contributed by atoms with Gasteiger partial charge in [0.2, 0.25) is 5.89 Å². The summed E-state index contributed by atoms with van der Waals surface area (Å²) in [5.41, 5.74) is 6.37. The van der Waals surface area contributed by atoms with Crippen LogP contribution in [0.15, 0.2) is 32.7 Å². The molecule has 0 spiro atoms. The van der Waals surface area contributed by atoms with Gasteiger partial charge in [0.05, 0.1) is 5.56 Å². The van der Waals surface area contributed by atoms with Gasteiger partial charge in [-0.05, 0) is 30.0 Å². The maximum atomic E-state index is 10.8. The SMILES string of the molecule is Cc1nnc(Sc2cc(C(=O)O)ccc2N)o1. The molecule has 0 saturated carbocycles. The molecule has 0 atom stereocenters. The number of anilines is 1. The number of aromatic nitrogens is 2. The van der Waals surface area contributed by atoms with Crippen LogP contribution >= 0.6 is 11.8 Å². The van der Waals surface area contributed by atoms with Crippen molar-refractivity contribution in [1.29, 1.82) is 0 Å². The summed E-state index contributed by atoms with van der Waals surface area (Å²) in [4.78, 5) is 11.4. The van der Waals surface area contributed by atoms with Gasteiger partial charge in [-0.25, -0.2) is 4.79 Å². The maximum absolute atomic E-state index is 10.8. The molecule has 0 aliphatic carbocycles. The third-order valence-electron chi connectivity index (χ3n) is 1.97. The van der Waals surface area contributed by atoms with Gasteiger partial charge < -0.3 is 15.3 Å². The van der Waals surface area contributed by atoms with E-state index in [0.29, 0.717) is 21.7 Å². The smallest absolute Gasteiger partial charge is 0.335 e. The van der Waals surface area contributed by atoms with Crippen LogP contribution in [0.3, 0.4) is 0 Å². The van der Waals surface area contributed by atoms with Gasteiger partial charge in [-0.15, -0.1) is 10.2 Å². The summed E-state index contributed by atoms with van der Waals surface area (Å²) in [7, 11) is 0. The van der Waals surface area contributed by atoms with E-state index >= 15 is 0 Å². The average molecular weight is 251 g/mol. The third kappa shape index (κ3) is 2.56. The molecule has 2 aromatic rings. The summed E-state index contributed by atoms with van der Waals surface area (Å²) in [6.45, 7) is 1.67. The zero-order valence-corrected chi connectivity index (χ0v) is 9.69. The molecule has 0 bridgehead atoms. The molecule has 0 amide bonds. The highest BCUT2D eigenvalue weighted by Gasteiger charge is 2.11. The Morgan fingerprint density at radius 1 is 1.47 bits per heavy atom. The minimum absolute atomic E-state index is 0.165. The van der Waals surface area contributed by atoms with Crippen LogP contribution < -0.4 is 5.73 Å². The minimum atomic E-state index is -1.01. The highest BCUT2D eigenvalue weighted by atomic mass is 32.2. The van der Waals surface area contributed by atoms with E-state index in [0.717, 1.165) is 11.8 Å². The Kier molecular flexibility index (Phi) is 3.01. The van der Waals surface area contributed by atoms with Gasteiger partial charge in [0.25, 0.3) is 5.22 Å². The number of rotatable bonds is 3. The van der Waals surface area contributed by atoms with Crippen molar-refractivity contribution in [2.45, 2.75) is 17.0 Å². The number of carboxylic acids is 1. The van der Waals surface area contributed by atoms with E-state index in [2.05, 4.69) is 10.2 Å². The first kappa shape index (κ1) is 11.5. The monoisotopic (exact) mass is 251 g/mol. The van der Waals surface area contributed by atoms with Crippen molar-refractivity contribution < 1.29 is 14.3 Å². The molecule has 0 fully saturated rings. The van der Waals surface area contributed by atoms with E-state index in [1.807, 2.05) is 0 Å². The van der Waals surface area contributed by atoms with Gasteiger partial charge >= 0.3 is 5.97 Å². The van der Waals surface area contributed by atoms with Crippen molar-refractivity contribution in [1.82, 2.24) is 10.2 Å². The Balaban J connectivity index is 2.31. The predicted octanol–water partition coefficient (Wildman–Crippen LogP) is 1.81. The fourth-order valence-corrected chi connectivity index (χ4v) is 1.97. The number of benzene rings is 1. The number of carbonyl (C=O) groups is 1. The lowest BCUT2D eigenvalue weighted by Gasteiger charge is -2.03. The van der Waals surface area contributed by atoms with Gasteiger partial charge in [0.15, 0.2) is 0 Å². The van der Waals surface area contributed by atoms with E-state index in [-0.39, 0.29) is 5.56 Å². The molecule has 1 aromatic carbocycles. The number of carboxylic acid groups (broad SMARTS) is 1. The first-order valence-corrected chi connectivity index (χ1v) is 5.48. The van der Waals surface area contributed by atoms with Crippen LogP contribution in [0, 0.1) is 6.92 Å². The van der Waals surface area contributed by atoms with Crippen molar-refractivity contribution in [3.8, 4) is 0 Å². The van der Waals surface area contributed by atoms with Crippen LogP contribution in [-0.2, 0) is 0 Å². The fraction of sp³-hybridized carbons (Fsp3) is 0.100. The van der Waals surface area contributed by atoms with Crippen LogP contribution in [0.2, 0.25) is 0 Å². The van der Waals surface area contributed by atoms with Crippen LogP contribution in [0.5, 0.6) is 0 Å². The molecule has 3 N–H and O–H groups in total. The highest BCUT2D eigenvalue weighted by molar-refractivity contribution is 7.99. The largest absolute Gasteiger partial charge is 0.478 e. The molecule has 0 unspecified atom stereocenters. The molecule has 88 valence electrons. The van der Waals surface area contributed by atoms with Crippen LogP contribution in [0.1, 0.15) is 16.2 Å². The van der Waals surface area contributed by atoms with Gasteiger partial charge in [-0.2, -0.15) is 0 Å². The number of nitrogens with zero attached hydrogens (tertiary/aromatic N) is 2. The molecule has 1 heterocycles. The Morgan fingerprint density at radius 3 is 2.82 bits per heavy atom. The molecule has 0 aliphatic heterocycles. The standard InChI is InChI=1S/C10H9N3O3S/c1-5-12-13-10(16-5)17-8-4-6(9(14)15)2-3-7(8)11/h2-4H,11H2,1H3,(H,14,15). The number of aryl methyl sites for hydroxylation is 1. The lowest BCUT2D eigenvalue weighted by molar-refractivity contribution is 0.0696. The normalized spacial score (nSPS) is 10.4. The van der Waals surface area contributed by atoms with E-state index in [4.69, 9.17) is 15.3 Å². The average Bonchev–Trinajstić information content (AvgIpc) is 2.67. The number of hydrogen-bond acceptors (Lipinski definition) is 6. The molecule has 17 heavy (non-hydrogen) atoms. The molecular weight excluding hydrogens is 242 g/mol. The molecule has 0 saturated heterocycles. The Hall–Kier alpha value is -2.02. The van der Waals surface area contributed by atoms with Gasteiger partial charge in [0.1, 0.15) is 0 Å². The summed E-state index contributed by atoms with van der Waals surface area (Å²) in [6, 6.07) is 4.46. The van der Waals surface area contributed by atoms with Crippen molar-refractivity contribution in [2.24, 2.45) is 0 Å². The van der Waals surface area contributed by atoms with Gasteiger partial charge in [-0.1, -0.05) is 0 Å². The second-order valence-electron chi connectivity index (χ2n) is 3.25. The lowest BCUT2D eigenvalue weighted by Crippen LogP contribution is -1.98. The second kappa shape index (κ2) is 4.46. The zero-order chi connectivity index (χ0) is 12.4. The fourth-order valence-electron chi connectivity index (χ4n) is 1.17. The van der Waals surface area contributed by atoms with Crippen molar-refractivity contribution in [2.75, 3.05) is 5.73 Å². The summed E-state index contributed by atoms with van der Waals surface area (Å²) in [5.74, 6) is -0.561. The summed E-state index contributed by atoms with van der Waals surface area (Å²) in [6.07, 6.45) is 0. The topological polar surface area (TPSA) is 102 Å². The summed E-state index contributed by atoms with van der Waals surface area (Å²) < 4.78 is 5.18. The van der Waals surface area contributed by atoms with Crippen molar-refractivity contribution >= 4 is 23.4 Å². The Bertz CT molecular complexity index is 568. The van der Waals surface area contributed by atoms with Crippen LogP contribution in [-0.4, -0.2) is 21.3 Å². The molecule has 1 aromatic heterocycles. The van der Waals surface area contributed by atoms with Crippen LogP contribution in [0.4, 0.5) is 5.69 Å². The summed E-state index contributed by atoms with van der Waals surface area (Å²) in [5, 5.41) is 16.7. The van der Waals surface area contributed by atoms with Crippen molar-refractivity contribution in [3.63, 3.8) is 0 Å². The molecule has 0 aliphatic rings. The maximum Gasteiger partial charge on any atom is 0.335 e. The van der Waals surface area contributed by atoms with E-state index in [1.165, 1.54) is 18.2 Å².